The van der Waals surface area contributed by atoms with Gasteiger partial charge in [0, 0.05) is 24.0 Å². The lowest BCUT2D eigenvalue weighted by atomic mass is 10.2. The van der Waals surface area contributed by atoms with Crippen LogP contribution in [0.2, 0.25) is 0 Å². The molecule has 0 radical (unpaired) electrons. The summed E-state index contributed by atoms with van der Waals surface area (Å²) in [5.41, 5.74) is 5.21. The number of benzene rings is 1. The van der Waals surface area contributed by atoms with Crippen molar-refractivity contribution < 1.29 is 4.39 Å². The summed E-state index contributed by atoms with van der Waals surface area (Å²) in [5.74, 6) is 0.708. The Balaban J connectivity index is 1.75. The Morgan fingerprint density at radius 3 is 2.30 bits per heavy atom. The third-order valence-corrected chi connectivity index (χ3v) is 4.97. The average molecular weight is 417 g/mol. The molecular formula is C22H14ClFN6. The number of halogens is 2. The minimum absolute atomic E-state index is 0.393. The molecule has 0 bridgehead atoms. The molecule has 0 saturated heterocycles. The fourth-order valence-electron chi connectivity index (χ4n) is 3.21. The average Bonchev–Trinajstić information content (AvgIpc) is 3.19. The van der Waals surface area contributed by atoms with Crippen molar-refractivity contribution in [1.82, 2.24) is 29.5 Å². The van der Waals surface area contributed by atoms with Crippen LogP contribution >= 0.6 is 11.6 Å². The van der Waals surface area contributed by atoms with Gasteiger partial charge in [0.2, 0.25) is 0 Å². The number of rotatable bonds is 4. The Morgan fingerprint density at radius 1 is 0.833 bits per heavy atom. The van der Waals surface area contributed by atoms with Crippen LogP contribution in [0.1, 0.15) is 5.56 Å². The molecule has 0 aliphatic carbocycles. The van der Waals surface area contributed by atoms with Gasteiger partial charge >= 0.3 is 0 Å². The molecule has 0 unspecified atom stereocenters. The van der Waals surface area contributed by atoms with E-state index in [1.54, 1.807) is 18.5 Å². The Morgan fingerprint density at radius 2 is 1.60 bits per heavy atom. The second-order valence-corrected chi connectivity index (χ2v) is 6.87. The Labute approximate surface area is 176 Å². The van der Waals surface area contributed by atoms with Crippen LogP contribution in [0, 0.1) is 5.82 Å². The molecule has 30 heavy (non-hydrogen) atoms. The molecule has 0 fully saturated rings. The third-order valence-electron chi connectivity index (χ3n) is 4.66. The summed E-state index contributed by atoms with van der Waals surface area (Å²) in [6.45, 7) is 0. The maximum Gasteiger partial charge on any atom is 0.165 e. The minimum atomic E-state index is -0.393. The highest BCUT2D eigenvalue weighted by molar-refractivity contribution is 6.17. The number of pyridine rings is 2. The van der Waals surface area contributed by atoms with E-state index in [9.17, 15) is 4.39 Å². The minimum Gasteiger partial charge on any atom is -0.277 e. The van der Waals surface area contributed by atoms with Crippen LogP contribution in [0.5, 0.6) is 0 Å². The first-order valence-corrected chi connectivity index (χ1v) is 9.68. The second kappa shape index (κ2) is 7.61. The molecule has 146 valence electrons. The van der Waals surface area contributed by atoms with Crippen molar-refractivity contribution in [2.75, 3.05) is 0 Å². The number of alkyl halides is 1. The summed E-state index contributed by atoms with van der Waals surface area (Å²) >= 11 is 5.94. The van der Waals surface area contributed by atoms with Crippen molar-refractivity contribution in [3.63, 3.8) is 0 Å². The first kappa shape index (κ1) is 18.3. The molecule has 0 atom stereocenters. The summed E-state index contributed by atoms with van der Waals surface area (Å²) in [7, 11) is 0. The molecule has 0 amide bonds. The first-order chi connectivity index (χ1) is 14.7. The van der Waals surface area contributed by atoms with Gasteiger partial charge < -0.3 is 0 Å². The molecule has 4 heterocycles. The molecule has 5 aromatic rings. The van der Waals surface area contributed by atoms with Gasteiger partial charge in [-0.25, -0.2) is 24.3 Å². The normalized spacial score (nSPS) is 11.1. The van der Waals surface area contributed by atoms with Gasteiger partial charge in [-0.3, -0.25) is 9.55 Å². The van der Waals surface area contributed by atoms with E-state index >= 15 is 0 Å². The Kier molecular flexibility index (Phi) is 4.65. The molecule has 8 heteroatoms. The summed E-state index contributed by atoms with van der Waals surface area (Å²) in [6.07, 6.45) is 6.07. The zero-order valence-electron chi connectivity index (χ0n) is 15.6. The van der Waals surface area contributed by atoms with E-state index in [0.29, 0.717) is 34.3 Å². The van der Waals surface area contributed by atoms with Gasteiger partial charge in [-0.1, -0.05) is 12.1 Å². The Hall–Kier alpha value is -3.71. The third kappa shape index (κ3) is 3.29. The van der Waals surface area contributed by atoms with Crippen LogP contribution in [0.25, 0.3) is 39.6 Å². The van der Waals surface area contributed by atoms with Gasteiger partial charge in [-0.15, -0.1) is 11.6 Å². The molecule has 4 aromatic heterocycles. The highest BCUT2D eigenvalue weighted by Gasteiger charge is 2.17. The van der Waals surface area contributed by atoms with Crippen molar-refractivity contribution in [3.8, 4) is 28.5 Å². The van der Waals surface area contributed by atoms with E-state index in [1.165, 1.54) is 18.6 Å². The molecule has 5 rings (SSSR count). The van der Waals surface area contributed by atoms with Crippen LogP contribution in [0.4, 0.5) is 4.39 Å². The zero-order chi connectivity index (χ0) is 20.5. The lowest BCUT2D eigenvalue weighted by Crippen LogP contribution is -2.00. The van der Waals surface area contributed by atoms with Crippen LogP contribution in [-0.2, 0) is 5.88 Å². The van der Waals surface area contributed by atoms with Crippen molar-refractivity contribution in [2.24, 2.45) is 0 Å². The van der Waals surface area contributed by atoms with Gasteiger partial charge in [-0.2, -0.15) is 0 Å². The summed E-state index contributed by atoms with van der Waals surface area (Å²) < 4.78 is 15.2. The second-order valence-electron chi connectivity index (χ2n) is 6.60. The number of hydrogen-bond acceptors (Lipinski definition) is 5. The molecule has 0 aliphatic rings. The quantitative estimate of drug-likeness (QED) is 0.393. The smallest absolute Gasteiger partial charge is 0.165 e. The molecule has 1 aromatic carbocycles. The van der Waals surface area contributed by atoms with Gasteiger partial charge in [0.1, 0.15) is 23.5 Å². The van der Waals surface area contributed by atoms with E-state index in [2.05, 4.69) is 15.0 Å². The number of nitrogens with zero attached hydrogens (tertiary/aromatic N) is 6. The maximum atomic E-state index is 13.3. The molecule has 0 spiro atoms. The number of fused-ring (bicyclic) bond motifs is 1. The molecule has 0 saturated carbocycles. The van der Waals surface area contributed by atoms with E-state index in [1.807, 2.05) is 41.0 Å². The Bertz CT molecular complexity index is 1320. The molecule has 0 aliphatic heterocycles. The standard InChI is InChI=1S/C22H14ClFN6/c23-9-14-1-4-17(5-2-14)30-21(15-10-25-13-26-11-15)29-20-8-7-19(28-22(20)30)18-6-3-16(24)12-27-18/h1-8,10-13H,9H2. The SMILES string of the molecule is Fc1ccc(-c2ccc3nc(-c4cncnc4)n(-c4ccc(CCl)cc4)c3n2)nc1. The van der Waals surface area contributed by atoms with E-state index in [4.69, 9.17) is 21.6 Å². The summed E-state index contributed by atoms with van der Waals surface area (Å²) in [6, 6.07) is 14.5. The molecule has 0 N–H and O–H groups in total. The number of imidazole rings is 1. The monoisotopic (exact) mass is 416 g/mol. The van der Waals surface area contributed by atoms with E-state index in [0.717, 1.165) is 16.8 Å². The molecule has 6 nitrogen and oxygen atoms in total. The van der Waals surface area contributed by atoms with E-state index in [-0.39, 0.29) is 0 Å². The zero-order valence-corrected chi connectivity index (χ0v) is 16.3. The van der Waals surface area contributed by atoms with Crippen molar-refractivity contribution >= 4 is 22.8 Å². The van der Waals surface area contributed by atoms with Crippen molar-refractivity contribution in [1.29, 1.82) is 0 Å². The lowest BCUT2D eigenvalue weighted by molar-refractivity contribution is 0.622. The first-order valence-electron chi connectivity index (χ1n) is 9.15. The van der Waals surface area contributed by atoms with Gasteiger partial charge in [0.25, 0.3) is 0 Å². The number of aromatic nitrogens is 6. The summed E-state index contributed by atoms with van der Waals surface area (Å²) in [5, 5.41) is 0. The van der Waals surface area contributed by atoms with Crippen LogP contribution in [-0.4, -0.2) is 29.5 Å². The molecular weight excluding hydrogens is 403 g/mol. The van der Waals surface area contributed by atoms with Gasteiger partial charge in [0.05, 0.1) is 23.1 Å². The summed E-state index contributed by atoms with van der Waals surface area (Å²) in [4.78, 5) is 21.9. The van der Waals surface area contributed by atoms with Gasteiger partial charge in [-0.05, 0) is 42.0 Å². The van der Waals surface area contributed by atoms with Gasteiger partial charge in [0.15, 0.2) is 5.65 Å². The largest absolute Gasteiger partial charge is 0.277 e. The predicted octanol–water partition coefficient (Wildman–Crippen LogP) is 4.82. The van der Waals surface area contributed by atoms with Crippen LogP contribution < -0.4 is 0 Å². The van der Waals surface area contributed by atoms with Crippen molar-refractivity contribution in [2.45, 2.75) is 5.88 Å². The maximum absolute atomic E-state index is 13.3. The predicted molar refractivity (Wildman–Crippen MR) is 113 cm³/mol. The lowest BCUT2D eigenvalue weighted by Gasteiger charge is -2.10. The highest BCUT2D eigenvalue weighted by atomic mass is 35.5. The highest BCUT2D eigenvalue weighted by Crippen LogP contribution is 2.29. The fraction of sp³-hybridized carbons (Fsp3) is 0.0455. The van der Waals surface area contributed by atoms with E-state index < -0.39 is 5.82 Å². The van der Waals surface area contributed by atoms with Crippen LogP contribution in [0.15, 0.2) is 73.4 Å². The van der Waals surface area contributed by atoms with Crippen LogP contribution in [0.3, 0.4) is 0 Å². The topological polar surface area (TPSA) is 69.4 Å². The fourth-order valence-corrected chi connectivity index (χ4v) is 3.39. The number of hydrogen-bond donors (Lipinski definition) is 0. The van der Waals surface area contributed by atoms with Crippen molar-refractivity contribution in [3.05, 3.63) is 84.8 Å².